The van der Waals surface area contributed by atoms with Gasteiger partial charge in [-0.25, -0.2) is 0 Å². The highest BCUT2D eigenvalue weighted by Gasteiger charge is 2.23. The van der Waals surface area contributed by atoms with E-state index in [9.17, 15) is 4.79 Å². The predicted molar refractivity (Wildman–Crippen MR) is 57.2 cm³/mol. The van der Waals surface area contributed by atoms with Crippen molar-refractivity contribution >= 4 is 5.91 Å². The predicted octanol–water partition coefficient (Wildman–Crippen LogP) is -0.194. The van der Waals surface area contributed by atoms with Crippen molar-refractivity contribution < 1.29 is 4.79 Å². The van der Waals surface area contributed by atoms with Crippen molar-refractivity contribution in [3.05, 3.63) is 0 Å². The molecule has 1 amide bonds. The molecule has 1 unspecified atom stereocenters. The highest BCUT2D eigenvalue weighted by Crippen LogP contribution is 2.09. The first-order chi connectivity index (χ1) is 6.75. The lowest BCUT2D eigenvalue weighted by atomic mass is 10.1. The van der Waals surface area contributed by atoms with Gasteiger partial charge in [-0.15, -0.1) is 0 Å². The number of amides is 1. The van der Waals surface area contributed by atoms with E-state index in [1.165, 1.54) is 0 Å². The molecule has 0 radical (unpaired) electrons. The third-order valence-electron chi connectivity index (χ3n) is 2.72. The average molecular weight is 199 g/mol. The summed E-state index contributed by atoms with van der Waals surface area (Å²) in [7, 11) is 1.96. The summed E-state index contributed by atoms with van der Waals surface area (Å²) < 4.78 is 0. The van der Waals surface area contributed by atoms with E-state index in [0.29, 0.717) is 6.04 Å². The second kappa shape index (κ2) is 5.98. The van der Waals surface area contributed by atoms with E-state index in [1.54, 1.807) is 6.92 Å². The molecule has 14 heavy (non-hydrogen) atoms. The first-order valence-electron chi connectivity index (χ1n) is 5.38. The minimum atomic E-state index is 0.209. The van der Waals surface area contributed by atoms with E-state index >= 15 is 0 Å². The van der Waals surface area contributed by atoms with Crippen molar-refractivity contribution in [2.45, 2.75) is 25.8 Å². The van der Waals surface area contributed by atoms with Crippen molar-refractivity contribution in [3.63, 3.8) is 0 Å². The molecule has 1 saturated heterocycles. The monoisotopic (exact) mass is 199 g/mol. The molecule has 82 valence electrons. The van der Waals surface area contributed by atoms with Crippen LogP contribution in [-0.2, 0) is 4.79 Å². The summed E-state index contributed by atoms with van der Waals surface area (Å²) in [6.07, 6.45) is 2.22. The molecule has 1 rings (SSSR count). The molecule has 0 bridgehead atoms. The van der Waals surface area contributed by atoms with Gasteiger partial charge in [0.05, 0.1) is 0 Å². The number of nitrogens with one attached hydrogen (secondary N) is 2. The molecular weight excluding hydrogens is 178 g/mol. The summed E-state index contributed by atoms with van der Waals surface area (Å²) in [6, 6.07) is 0.398. The molecular formula is C10H21N3O. The van der Waals surface area contributed by atoms with Crippen LogP contribution in [0.3, 0.4) is 0 Å². The number of nitrogens with zero attached hydrogens (tertiary/aromatic N) is 1. The fourth-order valence-electron chi connectivity index (χ4n) is 1.95. The Labute approximate surface area is 86.0 Å². The molecule has 1 aliphatic rings. The Balaban J connectivity index is 2.34. The van der Waals surface area contributed by atoms with Gasteiger partial charge in [-0.2, -0.15) is 0 Å². The Morgan fingerprint density at radius 1 is 1.64 bits per heavy atom. The molecule has 1 heterocycles. The Bertz CT molecular complexity index is 184. The summed E-state index contributed by atoms with van der Waals surface area (Å²) in [4.78, 5) is 13.3. The Morgan fingerprint density at radius 3 is 3.07 bits per heavy atom. The molecule has 0 aromatic heterocycles. The first kappa shape index (κ1) is 11.5. The van der Waals surface area contributed by atoms with Gasteiger partial charge >= 0.3 is 0 Å². The average Bonchev–Trinajstić information content (AvgIpc) is 2.19. The van der Waals surface area contributed by atoms with Crippen LogP contribution < -0.4 is 10.6 Å². The van der Waals surface area contributed by atoms with Gasteiger partial charge in [-0.05, 0) is 26.4 Å². The van der Waals surface area contributed by atoms with Gasteiger partial charge in [-0.1, -0.05) is 0 Å². The zero-order valence-corrected chi connectivity index (χ0v) is 9.18. The fraction of sp³-hybridized carbons (Fsp3) is 0.900. The van der Waals surface area contributed by atoms with E-state index in [-0.39, 0.29) is 5.91 Å². The Hall–Kier alpha value is -0.610. The van der Waals surface area contributed by atoms with Gasteiger partial charge < -0.3 is 15.5 Å². The molecule has 2 N–H and O–H groups in total. The van der Waals surface area contributed by atoms with Crippen LogP contribution in [0.5, 0.6) is 0 Å². The van der Waals surface area contributed by atoms with Gasteiger partial charge in [-0.3, -0.25) is 4.79 Å². The van der Waals surface area contributed by atoms with Crippen molar-refractivity contribution in [2.75, 3.05) is 33.2 Å². The number of hydrogen-bond acceptors (Lipinski definition) is 3. The van der Waals surface area contributed by atoms with Crippen LogP contribution in [0.1, 0.15) is 19.8 Å². The van der Waals surface area contributed by atoms with Gasteiger partial charge in [0.1, 0.15) is 0 Å². The van der Waals surface area contributed by atoms with Gasteiger partial charge in [0, 0.05) is 32.6 Å². The minimum Gasteiger partial charge on any atom is -0.337 e. The molecule has 0 spiro atoms. The van der Waals surface area contributed by atoms with Crippen LogP contribution in [0.15, 0.2) is 0 Å². The van der Waals surface area contributed by atoms with Gasteiger partial charge in [0.2, 0.25) is 5.91 Å². The largest absolute Gasteiger partial charge is 0.337 e. The van der Waals surface area contributed by atoms with Gasteiger partial charge in [0.25, 0.3) is 0 Å². The van der Waals surface area contributed by atoms with Crippen molar-refractivity contribution in [1.29, 1.82) is 0 Å². The normalized spacial score (nSPS) is 22.4. The number of rotatable bonds is 4. The Kier molecular flexibility index (Phi) is 4.90. The van der Waals surface area contributed by atoms with Crippen LogP contribution in [0.4, 0.5) is 0 Å². The fourth-order valence-corrected chi connectivity index (χ4v) is 1.95. The third kappa shape index (κ3) is 3.27. The highest BCUT2D eigenvalue weighted by atomic mass is 16.2. The number of hydrogen-bond donors (Lipinski definition) is 2. The second-order valence-corrected chi connectivity index (χ2v) is 3.82. The molecule has 4 nitrogen and oxygen atoms in total. The minimum absolute atomic E-state index is 0.209. The number of carbonyl (C=O) groups excluding carboxylic acids is 1. The van der Waals surface area contributed by atoms with Crippen LogP contribution >= 0.6 is 0 Å². The smallest absolute Gasteiger partial charge is 0.219 e. The molecule has 0 aromatic carbocycles. The van der Waals surface area contributed by atoms with E-state index in [2.05, 4.69) is 10.6 Å². The van der Waals surface area contributed by atoms with Crippen LogP contribution in [0.25, 0.3) is 0 Å². The SMILES string of the molecule is CNCCCC1CNCCN1C(C)=O. The van der Waals surface area contributed by atoms with Crippen LogP contribution in [-0.4, -0.2) is 50.1 Å². The number of piperazine rings is 1. The molecule has 0 aromatic rings. The maximum Gasteiger partial charge on any atom is 0.219 e. The zero-order valence-electron chi connectivity index (χ0n) is 9.18. The summed E-state index contributed by atoms with van der Waals surface area (Å²) in [6.45, 7) is 5.43. The quantitative estimate of drug-likeness (QED) is 0.617. The van der Waals surface area contributed by atoms with Crippen molar-refractivity contribution in [1.82, 2.24) is 15.5 Å². The maximum absolute atomic E-state index is 11.3. The molecule has 1 aliphatic heterocycles. The zero-order chi connectivity index (χ0) is 10.4. The van der Waals surface area contributed by atoms with Crippen LogP contribution in [0.2, 0.25) is 0 Å². The van der Waals surface area contributed by atoms with Crippen molar-refractivity contribution in [2.24, 2.45) is 0 Å². The maximum atomic E-state index is 11.3. The van der Waals surface area contributed by atoms with Crippen molar-refractivity contribution in [3.8, 4) is 0 Å². The Morgan fingerprint density at radius 2 is 2.43 bits per heavy atom. The summed E-state index contributed by atoms with van der Waals surface area (Å²) in [5.74, 6) is 0.209. The summed E-state index contributed by atoms with van der Waals surface area (Å²) in [5, 5.41) is 6.46. The lowest BCUT2D eigenvalue weighted by Gasteiger charge is -2.35. The molecule has 1 atom stereocenters. The lowest BCUT2D eigenvalue weighted by molar-refractivity contribution is -0.132. The second-order valence-electron chi connectivity index (χ2n) is 3.82. The summed E-state index contributed by atoms with van der Waals surface area (Å²) >= 11 is 0. The highest BCUT2D eigenvalue weighted by molar-refractivity contribution is 5.73. The molecule has 0 aliphatic carbocycles. The lowest BCUT2D eigenvalue weighted by Crippen LogP contribution is -2.53. The van der Waals surface area contributed by atoms with Crippen LogP contribution in [0, 0.1) is 0 Å². The third-order valence-corrected chi connectivity index (χ3v) is 2.72. The van der Waals surface area contributed by atoms with E-state index < -0.39 is 0 Å². The van der Waals surface area contributed by atoms with E-state index in [4.69, 9.17) is 0 Å². The van der Waals surface area contributed by atoms with E-state index in [0.717, 1.165) is 39.0 Å². The van der Waals surface area contributed by atoms with Gasteiger partial charge in [0.15, 0.2) is 0 Å². The molecule has 1 fully saturated rings. The first-order valence-corrected chi connectivity index (χ1v) is 5.38. The molecule has 0 saturated carbocycles. The summed E-state index contributed by atoms with van der Waals surface area (Å²) in [5.41, 5.74) is 0. The topological polar surface area (TPSA) is 44.4 Å². The number of carbonyl (C=O) groups is 1. The standard InChI is InChI=1S/C10H21N3O/c1-9(14)13-7-6-12-8-10(13)4-3-5-11-2/h10-12H,3-8H2,1-2H3. The van der Waals surface area contributed by atoms with E-state index in [1.807, 2.05) is 11.9 Å². The molecule has 4 heteroatoms.